The van der Waals surface area contributed by atoms with Crippen LogP contribution in [-0.2, 0) is 32.2 Å². The third kappa shape index (κ3) is 8.12. The highest BCUT2D eigenvalue weighted by molar-refractivity contribution is 5.90. The van der Waals surface area contributed by atoms with Crippen molar-refractivity contribution in [2.24, 2.45) is 0 Å². The first-order chi connectivity index (χ1) is 23.2. The fourth-order valence-corrected chi connectivity index (χ4v) is 6.45. The van der Waals surface area contributed by atoms with Gasteiger partial charge in [-0.15, -0.1) is 0 Å². The van der Waals surface area contributed by atoms with Gasteiger partial charge in [0.05, 0.1) is 18.8 Å². The summed E-state index contributed by atoms with van der Waals surface area (Å²) in [5.74, 6) is -1.86. The molecule has 11 nitrogen and oxygen atoms in total. The van der Waals surface area contributed by atoms with E-state index in [-0.39, 0.29) is 38.3 Å². The van der Waals surface area contributed by atoms with Gasteiger partial charge >= 0.3 is 12.1 Å². The summed E-state index contributed by atoms with van der Waals surface area (Å²) in [6.45, 7) is 3.95. The topological polar surface area (TPSA) is 120 Å². The van der Waals surface area contributed by atoms with Gasteiger partial charge in [0, 0.05) is 70.2 Å². The van der Waals surface area contributed by atoms with Crippen LogP contribution >= 0.6 is 0 Å². The minimum absolute atomic E-state index is 0.0441. The number of alkyl halides is 3. The molecule has 48 heavy (non-hydrogen) atoms. The Bertz CT molecular complexity index is 1520. The van der Waals surface area contributed by atoms with E-state index in [0.29, 0.717) is 24.3 Å². The van der Waals surface area contributed by atoms with Gasteiger partial charge in [0.1, 0.15) is 6.04 Å². The predicted molar refractivity (Wildman–Crippen MR) is 168 cm³/mol. The summed E-state index contributed by atoms with van der Waals surface area (Å²) < 4.78 is 51.9. The summed E-state index contributed by atoms with van der Waals surface area (Å²) >= 11 is 0. The molecule has 0 aliphatic carbocycles. The van der Waals surface area contributed by atoms with Gasteiger partial charge in [-0.3, -0.25) is 14.5 Å². The molecule has 4 heterocycles. The maximum atomic E-state index is 13.0. The number of aromatic nitrogens is 2. The summed E-state index contributed by atoms with van der Waals surface area (Å²) in [6, 6.07) is 15.7. The lowest BCUT2D eigenvalue weighted by Crippen LogP contribution is -2.50. The Morgan fingerprint density at radius 1 is 0.896 bits per heavy atom. The number of aliphatic hydroxyl groups excluding tert-OH is 1. The van der Waals surface area contributed by atoms with Crippen LogP contribution in [0.4, 0.5) is 19.1 Å². The smallest absolute Gasteiger partial charge is 0.392 e. The van der Waals surface area contributed by atoms with Gasteiger partial charge in [0.25, 0.3) is 0 Å². The summed E-state index contributed by atoms with van der Waals surface area (Å²) in [4.78, 5) is 38.4. The van der Waals surface area contributed by atoms with Gasteiger partial charge in [-0.05, 0) is 35.6 Å². The minimum atomic E-state index is -5.02. The van der Waals surface area contributed by atoms with Crippen LogP contribution in [0.25, 0.3) is 0 Å². The molecule has 14 heteroatoms. The minimum Gasteiger partial charge on any atom is -0.392 e. The molecule has 2 amide bonds. The van der Waals surface area contributed by atoms with E-state index in [1.807, 2.05) is 48.5 Å². The average Bonchev–Trinajstić information content (AvgIpc) is 3.61. The molecule has 3 fully saturated rings. The molecule has 6 rings (SSSR count). The Hall–Kier alpha value is -4.11. The zero-order valence-electron chi connectivity index (χ0n) is 26.4. The molecule has 3 aliphatic heterocycles. The maximum Gasteiger partial charge on any atom is 0.471 e. The number of ether oxygens (including phenoxy) is 2. The molecule has 1 aromatic heterocycles. The lowest BCUT2D eigenvalue weighted by Gasteiger charge is -2.40. The Balaban J connectivity index is 1.09. The van der Waals surface area contributed by atoms with Gasteiger partial charge in [-0.25, -0.2) is 9.97 Å². The molecule has 0 spiro atoms. The monoisotopic (exact) mass is 668 g/mol. The normalized spacial score (nSPS) is 23.7. The number of likely N-dealkylation sites (tertiary alicyclic amines) is 1. The Morgan fingerprint density at radius 3 is 2.23 bits per heavy atom. The number of nitrogens with one attached hydrogen (secondary N) is 1. The number of benzene rings is 2. The number of amides is 2. The van der Waals surface area contributed by atoms with E-state index in [4.69, 9.17) is 9.47 Å². The fourth-order valence-electron chi connectivity index (χ4n) is 6.45. The molecule has 3 aliphatic rings. The summed E-state index contributed by atoms with van der Waals surface area (Å²) in [7, 11) is 0. The van der Waals surface area contributed by atoms with E-state index < -0.39 is 30.3 Å². The number of hydrogen-bond acceptors (Lipinski definition) is 9. The second-order valence-electron chi connectivity index (χ2n) is 12.3. The number of carbonyl (C=O) groups is 2. The predicted octanol–water partition coefficient (Wildman–Crippen LogP) is 3.51. The van der Waals surface area contributed by atoms with Crippen LogP contribution in [0.5, 0.6) is 0 Å². The Kier molecular flexibility index (Phi) is 10.5. The molecule has 3 aromatic rings. The van der Waals surface area contributed by atoms with Gasteiger partial charge < -0.3 is 29.7 Å². The number of anilines is 1. The van der Waals surface area contributed by atoms with Crippen molar-refractivity contribution in [1.82, 2.24) is 25.1 Å². The maximum absolute atomic E-state index is 13.0. The van der Waals surface area contributed by atoms with Crippen molar-refractivity contribution in [3.05, 3.63) is 89.2 Å². The standard InChI is InChI=1S/C34H39F3N6O5/c35-34(36,37)32(46)43-14-1-3-28(43)30(45)40-20-23-4-10-26(11-5-23)31-47-27(19-29(48-31)25-8-6-24(22-44)7-9-25)21-41-15-17-42(18-16-41)33-38-12-2-13-39-33/h2,4-13,27-29,31,44H,1,3,14-22H2,(H,40,45). The number of carbonyl (C=O) groups excluding carboxylic acids is 2. The Labute approximate surface area is 276 Å². The van der Waals surface area contributed by atoms with Crippen LogP contribution in [-0.4, -0.2) is 94.3 Å². The first kappa shape index (κ1) is 33.8. The van der Waals surface area contributed by atoms with Crippen molar-refractivity contribution in [3.8, 4) is 0 Å². The molecule has 2 aromatic carbocycles. The van der Waals surface area contributed by atoms with Gasteiger partial charge in [0.2, 0.25) is 11.9 Å². The Morgan fingerprint density at radius 2 is 1.56 bits per heavy atom. The third-order valence-corrected chi connectivity index (χ3v) is 9.06. The van der Waals surface area contributed by atoms with Crippen LogP contribution in [0.1, 0.15) is 53.9 Å². The number of halogens is 3. The van der Waals surface area contributed by atoms with Gasteiger partial charge in [-0.1, -0.05) is 48.5 Å². The van der Waals surface area contributed by atoms with E-state index in [2.05, 4.69) is 25.1 Å². The molecule has 0 radical (unpaired) electrons. The van der Waals surface area contributed by atoms with E-state index in [9.17, 15) is 27.9 Å². The highest BCUT2D eigenvalue weighted by atomic mass is 19.4. The third-order valence-electron chi connectivity index (χ3n) is 9.06. The largest absolute Gasteiger partial charge is 0.471 e. The number of aliphatic hydroxyl groups is 1. The molecular formula is C34H39F3N6O5. The highest BCUT2D eigenvalue weighted by Crippen LogP contribution is 2.38. The van der Waals surface area contributed by atoms with Crippen molar-refractivity contribution in [2.75, 3.05) is 44.2 Å². The molecule has 2 N–H and O–H groups in total. The fraction of sp³-hybridized carbons (Fsp3) is 0.471. The summed E-state index contributed by atoms with van der Waals surface area (Å²) in [5, 5.41) is 12.2. The molecule has 4 atom stereocenters. The zero-order valence-corrected chi connectivity index (χ0v) is 26.4. The average molecular weight is 669 g/mol. The SMILES string of the molecule is O=C(NCc1ccc(C2OC(CN3CCN(c4ncccn4)CC3)CC(c3ccc(CO)cc3)O2)cc1)C1CCCN1C(=O)C(F)(F)F. The first-order valence-corrected chi connectivity index (χ1v) is 16.2. The first-order valence-electron chi connectivity index (χ1n) is 16.2. The lowest BCUT2D eigenvalue weighted by molar-refractivity contribution is -0.253. The van der Waals surface area contributed by atoms with Crippen LogP contribution < -0.4 is 10.2 Å². The second kappa shape index (κ2) is 15.0. The molecule has 3 saturated heterocycles. The van der Waals surface area contributed by atoms with Crippen LogP contribution in [0, 0.1) is 0 Å². The summed E-state index contributed by atoms with van der Waals surface area (Å²) in [5.41, 5.74) is 3.33. The molecular weight excluding hydrogens is 629 g/mol. The van der Waals surface area contributed by atoms with Crippen LogP contribution in [0.2, 0.25) is 0 Å². The zero-order chi connectivity index (χ0) is 33.7. The quantitative estimate of drug-likeness (QED) is 0.353. The van der Waals surface area contributed by atoms with Crippen molar-refractivity contribution in [2.45, 2.75) is 63.1 Å². The molecule has 0 bridgehead atoms. The molecule has 0 saturated carbocycles. The summed E-state index contributed by atoms with van der Waals surface area (Å²) in [6.07, 6.45) is -1.38. The van der Waals surface area contributed by atoms with Crippen LogP contribution in [0.3, 0.4) is 0 Å². The van der Waals surface area contributed by atoms with E-state index in [1.165, 1.54) is 0 Å². The molecule has 256 valence electrons. The van der Waals surface area contributed by atoms with Crippen molar-refractivity contribution >= 4 is 17.8 Å². The van der Waals surface area contributed by atoms with Gasteiger partial charge in [0.15, 0.2) is 6.29 Å². The second-order valence-corrected chi connectivity index (χ2v) is 12.3. The van der Waals surface area contributed by atoms with Crippen molar-refractivity contribution in [3.63, 3.8) is 0 Å². The van der Waals surface area contributed by atoms with E-state index in [1.54, 1.807) is 18.5 Å². The van der Waals surface area contributed by atoms with Gasteiger partial charge in [-0.2, -0.15) is 13.2 Å². The highest BCUT2D eigenvalue weighted by Gasteiger charge is 2.47. The number of rotatable bonds is 9. The van der Waals surface area contributed by atoms with Crippen molar-refractivity contribution in [1.29, 1.82) is 0 Å². The molecule has 4 unspecified atom stereocenters. The number of nitrogens with zero attached hydrogens (tertiary/aromatic N) is 5. The number of piperazine rings is 1. The van der Waals surface area contributed by atoms with Crippen molar-refractivity contribution < 1.29 is 37.3 Å². The van der Waals surface area contributed by atoms with E-state index in [0.717, 1.165) is 54.4 Å². The van der Waals surface area contributed by atoms with E-state index >= 15 is 0 Å². The van der Waals surface area contributed by atoms with Crippen LogP contribution in [0.15, 0.2) is 67.0 Å². The number of hydrogen-bond donors (Lipinski definition) is 2. The lowest BCUT2D eigenvalue weighted by atomic mass is 9.99.